The fourth-order valence-electron chi connectivity index (χ4n) is 4.55. The fourth-order valence-corrected chi connectivity index (χ4v) is 5.63. The SMILES string of the molecule is CC1N=c2ccc(Sc3cnc(N4CCC5(CC4)CO[C@@H](C)[C@H]5N)cn3)c(Cl)c2=N1. The Hall–Kier alpha value is -1.74. The molecule has 3 aliphatic heterocycles. The normalized spacial score (nSPS) is 27.1. The number of nitrogens with two attached hydrogens (primary N) is 1. The lowest BCUT2D eigenvalue weighted by atomic mass is 9.73. The average molecular weight is 445 g/mol. The number of anilines is 1. The Morgan fingerprint density at radius 1 is 1.17 bits per heavy atom. The van der Waals surface area contributed by atoms with E-state index in [0.717, 1.165) is 59.0 Å². The van der Waals surface area contributed by atoms with Gasteiger partial charge >= 0.3 is 0 Å². The van der Waals surface area contributed by atoms with Crippen LogP contribution in [0, 0.1) is 5.41 Å². The number of fused-ring (bicyclic) bond motifs is 1. The van der Waals surface area contributed by atoms with Crippen LogP contribution >= 0.6 is 23.4 Å². The van der Waals surface area contributed by atoms with E-state index in [1.165, 1.54) is 11.8 Å². The molecular weight excluding hydrogens is 420 g/mol. The van der Waals surface area contributed by atoms with Crippen LogP contribution in [0.5, 0.6) is 0 Å². The highest BCUT2D eigenvalue weighted by Crippen LogP contribution is 2.41. The molecule has 3 atom stereocenters. The summed E-state index contributed by atoms with van der Waals surface area (Å²) in [4.78, 5) is 21.4. The van der Waals surface area contributed by atoms with Crippen LogP contribution in [-0.2, 0) is 4.74 Å². The van der Waals surface area contributed by atoms with Crippen LogP contribution in [0.1, 0.15) is 26.7 Å². The fraction of sp³-hybridized carbons (Fsp3) is 0.524. The Morgan fingerprint density at radius 3 is 2.63 bits per heavy atom. The summed E-state index contributed by atoms with van der Waals surface area (Å²) >= 11 is 8.05. The average Bonchev–Trinajstić information content (AvgIpc) is 3.27. The van der Waals surface area contributed by atoms with Crippen molar-refractivity contribution in [3.63, 3.8) is 0 Å². The summed E-state index contributed by atoms with van der Waals surface area (Å²) in [5, 5.41) is 3.05. The zero-order chi connectivity index (χ0) is 20.9. The molecule has 1 aromatic heterocycles. The monoisotopic (exact) mass is 444 g/mol. The smallest absolute Gasteiger partial charge is 0.147 e. The van der Waals surface area contributed by atoms with Crippen molar-refractivity contribution in [2.45, 2.75) is 54.9 Å². The minimum atomic E-state index is -0.0749. The molecule has 9 heteroatoms. The van der Waals surface area contributed by atoms with Gasteiger partial charge in [-0.05, 0) is 38.8 Å². The highest BCUT2D eigenvalue weighted by atomic mass is 35.5. The topological polar surface area (TPSA) is 89.0 Å². The van der Waals surface area contributed by atoms with Crippen LogP contribution in [0.3, 0.4) is 0 Å². The maximum atomic E-state index is 6.55. The zero-order valence-corrected chi connectivity index (χ0v) is 18.7. The van der Waals surface area contributed by atoms with Gasteiger partial charge in [-0.2, -0.15) is 0 Å². The van der Waals surface area contributed by atoms with Gasteiger partial charge in [-0.25, -0.2) is 9.97 Å². The summed E-state index contributed by atoms with van der Waals surface area (Å²) < 4.78 is 5.82. The molecule has 2 N–H and O–H groups in total. The molecule has 3 aliphatic rings. The van der Waals surface area contributed by atoms with Crippen molar-refractivity contribution < 1.29 is 4.74 Å². The summed E-state index contributed by atoms with van der Waals surface area (Å²) in [7, 11) is 0. The van der Waals surface area contributed by atoms with E-state index < -0.39 is 0 Å². The van der Waals surface area contributed by atoms with Gasteiger partial charge in [0.15, 0.2) is 0 Å². The van der Waals surface area contributed by atoms with Crippen molar-refractivity contribution >= 4 is 29.2 Å². The van der Waals surface area contributed by atoms with E-state index in [4.69, 9.17) is 22.1 Å². The Bertz CT molecular complexity index is 1070. The van der Waals surface area contributed by atoms with Crippen LogP contribution < -0.4 is 21.3 Å². The molecule has 0 bridgehead atoms. The Morgan fingerprint density at radius 2 is 1.97 bits per heavy atom. The number of hydrogen-bond acceptors (Lipinski definition) is 8. The van der Waals surface area contributed by atoms with E-state index in [1.54, 1.807) is 0 Å². The highest BCUT2D eigenvalue weighted by molar-refractivity contribution is 7.99. The number of halogens is 1. The van der Waals surface area contributed by atoms with Crippen LogP contribution in [-0.4, -0.2) is 48.0 Å². The molecule has 30 heavy (non-hydrogen) atoms. The Labute approximate surface area is 184 Å². The molecule has 2 aromatic rings. The lowest BCUT2D eigenvalue weighted by molar-refractivity contribution is 0.0974. The molecule has 1 unspecified atom stereocenters. The predicted molar refractivity (Wildman–Crippen MR) is 117 cm³/mol. The third kappa shape index (κ3) is 3.49. The minimum absolute atomic E-state index is 0.0749. The maximum Gasteiger partial charge on any atom is 0.147 e. The first kappa shape index (κ1) is 20.2. The zero-order valence-electron chi connectivity index (χ0n) is 17.1. The number of rotatable bonds is 3. The number of hydrogen-bond donors (Lipinski definition) is 1. The molecule has 158 valence electrons. The van der Waals surface area contributed by atoms with Crippen molar-refractivity contribution in [3.8, 4) is 0 Å². The lowest BCUT2D eigenvalue weighted by Crippen LogP contribution is -2.50. The number of nitrogens with zero attached hydrogens (tertiary/aromatic N) is 5. The van der Waals surface area contributed by atoms with Crippen molar-refractivity contribution in [1.29, 1.82) is 0 Å². The maximum absolute atomic E-state index is 6.55. The Kier molecular flexibility index (Phi) is 5.21. The standard InChI is InChI=1S/C21H25ClN6OS/c1-12-20(23)21(11-29-12)5-7-28(8-6-21)16-9-25-17(10-24-16)30-15-4-3-14-19(18(15)22)27-13(2)26-14/h3-4,9-10,12-13,20H,5-8,11,23H2,1-2H3/t12-,13?,20+/m0/s1. The summed E-state index contributed by atoms with van der Waals surface area (Å²) in [6.45, 7) is 6.63. The van der Waals surface area contributed by atoms with E-state index in [-0.39, 0.29) is 23.7 Å². The minimum Gasteiger partial charge on any atom is -0.376 e. The summed E-state index contributed by atoms with van der Waals surface area (Å²) in [5.74, 6) is 0.900. The van der Waals surface area contributed by atoms with Crippen LogP contribution in [0.2, 0.25) is 5.02 Å². The molecule has 0 amide bonds. The van der Waals surface area contributed by atoms with Gasteiger partial charge in [0.1, 0.15) is 22.4 Å². The van der Waals surface area contributed by atoms with Gasteiger partial charge in [0, 0.05) is 29.4 Å². The summed E-state index contributed by atoms with van der Waals surface area (Å²) in [5.41, 5.74) is 6.53. The van der Waals surface area contributed by atoms with Gasteiger partial charge < -0.3 is 15.4 Å². The molecule has 2 fully saturated rings. The van der Waals surface area contributed by atoms with E-state index in [9.17, 15) is 0 Å². The highest BCUT2D eigenvalue weighted by Gasteiger charge is 2.47. The van der Waals surface area contributed by atoms with E-state index in [0.29, 0.717) is 5.02 Å². The van der Waals surface area contributed by atoms with Gasteiger partial charge in [0.05, 0.1) is 35.5 Å². The second-order valence-corrected chi connectivity index (χ2v) is 9.78. The number of aromatic nitrogens is 2. The van der Waals surface area contributed by atoms with Gasteiger partial charge in [0.25, 0.3) is 0 Å². The molecule has 0 radical (unpaired) electrons. The molecule has 5 rings (SSSR count). The second kappa shape index (κ2) is 7.75. The molecule has 2 saturated heterocycles. The molecular formula is C21H25ClN6OS. The number of piperidine rings is 1. The van der Waals surface area contributed by atoms with E-state index in [2.05, 4.69) is 31.8 Å². The predicted octanol–water partition coefficient (Wildman–Crippen LogP) is 2.21. The quantitative estimate of drug-likeness (QED) is 0.780. The van der Waals surface area contributed by atoms with Gasteiger partial charge in [0.2, 0.25) is 0 Å². The first-order valence-corrected chi connectivity index (χ1v) is 11.5. The van der Waals surface area contributed by atoms with Crippen molar-refractivity contribution in [2.75, 3.05) is 24.6 Å². The van der Waals surface area contributed by atoms with Crippen molar-refractivity contribution in [2.24, 2.45) is 21.1 Å². The summed E-state index contributed by atoms with van der Waals surface area (Å²) in [6, 6.07) is 4.04. The molecule has 4 heterocycles. The third-order valence-corrected chi connectivity index (χ3v) is 7.93. The van der Waals surface area contributed by atoms with Crippen molar-refractivity contribution in [1.82, 2.24) is 9.97 Å². The van der Waals surface area contributed by atoms with Crippen LogP contribution in [0.4, 0.5) is 5.82 Å². The van der Waals surface area contributed by atoms with Gasteiger partial charge in [-0.15, -0.1) is 0 Å². The first-order valence-electron chi connectivity index (χ1n) is 10.3. The summed E-state index contributed by atoms with van der Waals surface area (Å²) in [6.07, 6.45) is 5.77. The van der Waals surface area contributed by atoms with E-state index >= 15 is 0 Å². The lowest BCUT2D eigenvalue weighted by Gasteiger charge is -2.41. The number of benzene rings is 1. The van der Waals surface area contributed by atoms with Crippen molar-refractivity contribution in [3.05, 3.63) is 40.3 Å². The van der Waals surface area contributed by atoms with Crippen LogP contribution in [0.15, 0.2) is 44.4 Å². The molecule has 7 nitrogen and oxygen atoms in total. The molecule has 0 aliphatic carbocycles. The molecule has 1 aromatic carbocycles. The third-order valence-electron chi connectivity index (χ3n) is 6.46. The Balaban J connectivity index is 1.27. The first-order chi connectivity index (χ1) is 14.4. The van der Waals surface area contributed by atoms with Gasteiger partial charge in [-0.3, -0.25) is 9.98 Å². The van der Waals surface area contributed by atoms with Gasteiger partial charge in [-0.1, -0.05) is 23.4 Å². The van der Waals surface area contributed by atoms with E-state index in [1.807, 2.05) is 31.5 Å². The largest absolute Gasteiger partial charge is 0.376 e. The number of ether oxygens (including phenoxy) is 1. The van der Waals surface area contributed by atoms with Crippen LogP contribution in [0.25, 0.3) is 0 Å². The second-order valence-electron chi connectivity index (χ2n) is 8.34. The molecule has 1 spiro atoms. The molecule has 0 saturated carbocycles.